The van der Waals surface area contributed by atoms with E-state index in [4.69, 9.17) is 9.72 Å². The molecule has 0 atom stereocenters. The van der Waals surface area contributed by atoms with Crippen LogP contribution in [0.2, 0.25) is 0 Å². The average Bonchev–Trinajstić information content (AvgIpc) is 2.72. The van der Waals surface area contributed by atoms with E-state index in [1.165, 1.54) is 5.56 Å². The maximum atomic E-state index is 11.3. The number of anilines is 1. The van der Waals surface area contributed by atoms with Crippen LogP contribution >= 0.6 is 0 Å². The first-order valence-electron chi connectivity index (χ1n) is 9.93. The standard InChI is InChI=1S/C25H28N2O3/c1-15(2)21-13-19(14-26-24(21)27(4)5)22-12-17(8-10-23(22)30-6)20-9-7-18(25(28)29)11-16(20)3/h7-15H,1-6H3,(H,28,29). The number of hydrogen-bond donors (Lipinski definition) is 1. The molecule has 0 saturated heterocycles. The number of carboxylic acid groups (broad SMARTS) is 1. The molecule has 0 radical (unpaired) electrons. The van der Waals surface area contributed by atoms with Gasteiger partial charge in [-0.05, 0) is 65.4 Å². The van der Waals surface area contributed by atoms with Crippen molar-refractivity contribution >= 4 is 11.8 Å². The third kappa shape index (κ3) is 4.15. The second kappa shape index (κ2) is 8.57. The monoisotopic (exact) mass is 404 g/mol. The Morgan fingerprint density at radius 1 is 1.03 bits per heavy atom. The van der Waals surface area contributed by atoms with Crippen molar-refractivity contribution in [3.05, 3.63) is 65.4 Å². The third-order valence-electron chi connectivity index (χ3n) is 5.24. The van der Waals surface area contributed by atoms with E-state index >= 15 is 0 Å². The van der Waals surface area contributed by atoms with Gasteiger partial charge in [0.1, 0.15) is 11.6 Å². The van der Waals surface area contributed by atoms with Crippen molar-refractivity contribution in [3.63, 3.8) is 0 Å². The Balaban J connectivity index is 2.15. The zero-order valence-electron chi connectivity index (χ0n) is 18.4. The average molecular weight is 405 g/mol. The molecule has 0 bridgehead atoms. The first-order valence-corrected chi connectivity index (χ1v) is 9.93. The zero-order chi connectivity index (χ0) is 22.0. The Morgan fingerprint density at radius 2 is 1.77 bits per heavy atom. The first kappa shape index (κ1) is 21.4. The van der Waals surface area contributed by atoms with Gasteiger partial charge in [-0.15, -0.1) is 0 Å². The summed E-state index contributed by atoms with van der Waals surface area (Å²) in [6.45, 7) is 6.25. The molecular formula is C25H28N2O3. The molecule has 0 fully saturated rings. The smallest absolute Gasteiger partial charge is 0.335 e. The van der Waals surface area contributed by atoms with Gasteiger partial charge in [0.2, 0.25) is 0 Å². The van der Waals surface area contributed by atoms with Gasteiger partial charge in [0.15, 0.2) is 0 Å². The van der Waals surface area contributed by atoms with Crippen molar-refractivity contribution in [1.29, 1.82) is 0 Å². The van der Waals surface area contributed by atoms with E-state index in [-0.39, 0.29) is 5.56 Å². The number of ether oxygens (including phenoxy) is 1. The number of carboxylic acids is 1. The van der Waals surface area contributed by atoms with E-state index in [0.717, 1.165) is 39.4 Å². The van der Waals surface area contributed by atoms with Gasteiger partial charge in [0.25, 0.3) is 0 Å². The van der Waals surface area contributed by atoms with Crippen LogP contribution in [0.15, 0.2) is 48.7 Å². The van der Waals surface area contributed by atoms with Gasteiger partial charge in [-0.25, -0.2) is 9.78 Å². The molecule has 1 N–H and O–H groups in total. The molecule has 2 aromatic carbocycles. The van der Waals surface area contributed by atoms with Gasteiger partial charge in [-0.3, -0.25) is 0 Å². The molecule has 1 aromatic heterocycles. The second-order valence-electron chi connectivity index (χ2n) is 7.94. The normalized spacial score (nSPS) is 10.9. The Bertz CT molecular complexity index is 1090. The quantitative estimate of drug-likeness (QED) is 0.578. The van der Waals surface area contributed by atoms with E-state index in [1.807, 2.05) is 50.3 Å². The summed E-state index contributed by atoms with van der Waals surface area (Å²) in [4.78, 5) is 18.0. The highest BCUT2D eigenvalue weighted by atomic mass is 16.5. The number of methoxy groups -OCH3 is 1. The fourth-order valence-electron chi connectivity index (χ4n) is 3.64. The number of nitrogens with zero attached hydrogens (tertiary/aromatic N) is 2. The molecule has 3 aromatic rings. The molecule has 0 aliphatic carbocycles. The van der Waals surface area contributed by atoms with Crippen LogP contribution in [-0.4, -0.2) is 37.3 Å². The number of pyridine rings is 1. The second-order valence-corrected chi connectivity index (χ2v) is 7.94. The number of hydrogen-bond acceptors (Lipinski definition) is 4. The molecular weight excluding hydrogens is 376 g/mol. The number of carbonyl (C=O) groups is 1. The van der Waals surface area contributed by atoms with Crippen molar-refractivity contribution in [2.75, 3.05) is 26.1 Å². The van der Waals surface area contributed by atoms with Crippen LogP contribution in [0.25, 0.3) is 22.3 Å². The van der Waals surface area contributed by atoms with Gasteiger partial charge in [-0.1, -0.05) is 26.0 Å². The van der Waals surface area contributed by atoms with Crippen molar-refractivity contribution < 1.29 is 14.6 Å². The summed E-state index contributed by atoms with van der Waals surface area (Å²) < 4.78 is 5.63. The van der Waals surface area contributed by atoms with Crippen molar-refractivity contribution in [2.45, 2.75) is 26.7 Å². The molecule has 30 heavy (non-hydrogen) atoms. The molecule has 0 amide bonds. The summed E-state index contributed by atoms with van der Waals surface area (Å²) in [5, 5.41) is 9.24. The summed E-state index contributed by atoms with van der Waals surface area (Å²) in [6, 6.07) is 13.4. The van der Waals surface area contributed by atoms with E-state index in [1.54, 1.807) is 19.2 Å². The van der Waals surface area contributed by atoms with Crippen LogP contribution in [0.4, 0.5) is 5.82 Å². The van der Waals surface area contributed by atoms with E-state index in [9.17, 15) is 9.90 Å². The topological polar surface area (TPSA) is 62.7 Å². The molecule has 0 saturated carbocycles. The van der Waals surface area contributed by atoms with Gasteiger partial charge in [0.05, 0.1) is 12.7 Å². The summed E-state index contributed by atoms with van der Waals surface area (Å²) in [5.41, 5.74) is 6.31. The molecule has 0 aliphatic heterocycles. The fraction of sp³-hybridized carbons (Fsp3) is 0.280. The number of benzene rings is 2. The summed E-state index contributed by atoms with van der Waals surface area (Å²) in [5.74, 6) is 1.14. The highest BCUT2D eigenvalue weighted by Crippen LogP contribution is 2.37. The van der Waals surface area contributed by atoms with Crippen LogP contribution in [0.1, 0.15) is 41.3 Å². The lowest BCUT2D eigenvalue weighted by Crippen LogP contribution is -2.14. The number of aryl methyl sites for hydroxylation is 1. The molecule has 0 aliphatic rings. The lowest BCUT2D eigenvalue weighted by atomic mass is 9.93. The Morgan fingerprint density at radius 3 is 2.33 bits per heavy atom. The van der Waals surface area contributed by atoms with E-state index in [0.29, 0.717) is 5.92 Å². The van der Waals surface area contributed by atoms with Gasteiger partial charge >= 0.3 is 5.97 Å². The largest absolute Gasteiger partial charge is 0.496 e. The molecule has 1 heterocycles. The molecule has 0 unspecified atom stereocenters. The van der Waals surface area contributed by atoms with Crippen molar-refractivity contribution in [2.24, 2.45) is 0 Å². The van der Waals surface area contributed by atoms with Crippen LogP contribution in [-0.2, 0) is 0 Å². The lowest BCUT2D eigenvalue weighted by Gasteiger charge is -2.20. The Hall–Kier alpha value is -3.34. The SMILES string of the molecule is COc1ccc(-c2ccc(C(=O)O)cc2C)cc1-c1cnc(N(C)C)c(C(C)C)c1. The maximum absolute atomic E-state index is 11.3. The lowest BCUT2D eigenvalue weighted by molar-refractivity contribution is 0.0697. The summed E-state index contributed by atoms with van der Waals surface area (Å²) >= 11 is 0. The predicted octanol–water partition coefficient (Wildman–Crippen LogP) is 5.62. The van der Waals surface area contributed by atoms with Gasteiger partial charge < -0.3 is 14.7 Å². The maximum Gasteiger partial charge on any atom is 0.335 e. The molecule has 0 spiro atoms. The highest BCUT2D eigenvalue weighted by molar-refractivity contribution is 5.89. The Labute approximate surface area is 178 Å². The molecule has 156 valence electrons. The third-order valence-corrected chi connectivity index (χ3v) is 5.24. The fourth-order valence-corrected chi connectivity index (χ4v) is 3.64. The number of aromatic nitrogens is 1. The van der Waals surface area contributed by atoms with Gasteiger partial charge in [0, 0.05) is 31.4 Å². The van der Waals surface area contributed by atoms with Gasteiger partial charge in [-0.2, -0.15) is 0 Å². The minimum absolute atomic E-state index is 0.287. The highest BCUT2D eigenvalue weighted by Gasteiger charge is 2.16. The van der Waals surface area contributed by atoms with Crippen molar-refractivity contribution in [1.82, 2.24) is 4.98 Å². The molecule has 5 heteroatoms. The Kier molecular flexibility index (Phi) is 6.11. The summed E-state index contributed by atoms with van der Waals surface area (Å²) in [7, 11) is 5.66. The number of aromatic carboxylic acids is 1. The van der Waals surface area contributed by atoms with Crippen LogP contribution < -0.4 is 9.64 Å². The van der Waals surface area contributed by atoms with E-state index < -0.39 is 5.97 Å². The van der Waals surface area contributed by atoms with Crippen LogP contribution in [0.3, 0.4) is 0 Å². The first-order chi connectivity index (χ1) is 14.2. The van der Waals surface area contributed by atoms with E-state index in [2.05, 4.69) is 26.0 Å². The van der Waals surface area contributed by atoms with Crippen molar-refractivity contribution in [3.8, 4) is 28.0 Å². The predicted molar refractivity (Wildman–Crippen MR) is 122 cm³/mol. The van der Waals surface area contributed by atoms with Crippen LogP contribution in [0.5, 0.6) is 5.75 Å². The summed E-state index contributed by atoms with van der Waals surface area (Å²) in [6.07, 6.45) is 1.88. The molecule has 3 rings (SSSR count). The minimum Gasteiger partial charge on any atom is -0.496 e. The molecule has 5 nitrogen and oxygen atoms in total. The number of rotatable bonds is 6. The minimum atomic E-state index is -0.923. The zero-order valence-corrected chi connectivity index (χ0v) is 18.4. The van der Waals surface area contributed by atoms with Crippen LogP contribution in [0, 0.1) is 6.92 Å².